The van der Waals surface area contributed by atoms with Gasteiger partial charge in [-0.3, -0.25) is 9.59 Å². The maximum atomic E-state index is 13.8. The highest BCUT2D eigenvalue weighted by Gasteiger charge is 2.39. The lowest BCUT2D eigenvalue weighted by molar-refractivity contribution is -0.143. The minimum absolute atomic E-state index is 0. The van der Waals surface area contributed by atoms with Crippen LogP contribution in [0.15, 0.2) is 12.1 Å². The van der Waals surface area contributed by atoms with Gasteiger partial charge in [-0.15, -0.1) is 12.4 Å². The van der Waals surface area contributed by atoms with Gasteiger partial charge in [0.25, 0.3) is 0 Å². The van der Waals surface area contributed by atoms with Crippen LogP contribution in [0.25, 0.3) is 0 Å². The van der Waals surface area contributed by atoms with Crippen molar-refractivity contribution in [3.63, 3.8) is 0 Å². The second kappa shape index (κ2) is 9.55. The summed E-state index contributed by atoms with van der Waals surface area (Å²) in [7, 11) is 0. The molecule has 0 bridgehead atoms. The van der Waals surface area contributed by atoms with Crippen LogP contribution in [0.2, 0.25) is 0 Å². The number of amides is 1. The van der Waals surface area contributed by atoms with Crippen LogP contribution in [0, 0.1) is 28.8 Å². The Morgan fingerprint density at radius 3 is 2.00 bits per heavy atom. The molecular weight excluding hydrogens is 381 g/mol. The van der Waals surface area contributed by atoms with Crippen molar-refractivity contribution in [3.05, 3.63) is 35.1 Å². The number of halogens is 4. The number of hydrogen-bond donors (Lipinski definition) is 1. The first-order valence-electron chi connectivity index (χ1n) is 8.97. The first-order valence-corrected chi connectivity index (χ1v) is 8.97. The van der Waals surface area contributed by atoms with Gasteiger partial charge in [-0.05, 0) is 25.7 Å². The van der Waals surface area contributed by atoms with E-state index in [0.717, 1.165) is 0 Å². The van der Waals surface area contributed by atoms with Crippen LogP contribution in [0.5, 0.6) is 0 Å². The Kier molecular flexibility index (Phi) is 8.29. The summed E-state index contributed by atoms with van der Waals surface area (Å²) < 4.78 is 40.7. The standard InChI is InChI=1S/C19H25F3N2O2.ClH/c1-3-19(4-2,11-23)18(26)24-7-5-12(6-8-24)17(25)16-14(21)9-13(20)10-15(16)22;/h9-10,12H,3-8,11,23H2,1-2H3;1H. The number of hydrogen-bond acceptors (Lipinski definition) is 3. The van der Waals surface area contributed by atoms with E-state index in [1.54, 1.807) is 4.90 Å². The van der Waals surface area contributed by atoms with Crippen molar-refractivity contribution in [2.45, 2.75) is 39.5 Å². The minimum Gasteiger partial charge on any atom is -0.342 e. The van der Waals surface area contributed by atoms with Gasteiger partial charge < -0.3 is 10.6 Å². The normalized spacial score (nSPS) is 15.4. The highest BCUT2D eigenvalue weighted by atomic mass is 35.5. The maximum Gasteiger partial charge on any atom is 0.230 e. The molecular formula is C19H26ClF3N2O2. The van der Waals surface area contributed by atoms with Crippen LogP contribution < -0.4 is 5.73 Å². The minimum atomic E-state index is -1.19. The monoisotopic (exact) mass is 406 g/mol. The molecule has 1 aromatic carbocycles. The molecule has 1 amide bonds. The van der Waals surface area contributed by atoms with Gasteiger partial charge in [0, 0.05) is 37.7 Å². The Bertz CT molecular complexity index is 656. The molecule has 1 heterocycles. The van der Waals surface area contributed by atoms with Crippen LogP contribution >= 0.6 is 12.4 Å². The summed E-state index contributed by atoms with van der Waals surface area (Å²) in [6, 6.07) is 1.01. The number of carbonyl (C=O) groups excluding carboxylic acids is 2. The summed E-state index contributed by atoms with van der Waals surface area (Å²) in [6.07, 6.45) is 1.89. The maximum absolute atomic E-state index is 13.8. The van der Waals surface area contributed by atoms with Gasteiger partial charge in [-0.1, -0.05) is 13.8 Å². The van der Waals surface area contributed by atoms with E-state index in [1.165, 1.54) is 0 Å². The number of carbonyl (C=O) groups is 2. The highest BCUT2D eigenvalue weighted by Crippen LogP contribution is 2.31. The van der Waals surface area contributed by atoms with Gasteiger partial charge in [0.05, 0.1) is 11.0 Å². The van der Waals surface area contributed by atoms with E-state index in [-0.39, 0.29) is 24.9 Å². The number of likely N-dealkylation sites (tertiary alicyclic amines) is 1. The molecule has 0 aliphatic carbocycles. The first kappa shape index (κ1) is 23.4. The zero-order valence-corrected chi connectivity index (χ0v) is 16.4. The number of nitrogens with two attached hydrogens (primary N) is 1. The van der Waals surface area contributed by atoms with Crippen molar-refractivity contribution in [2.75, 3.05) is 19.6 Å². The van der Waals surface area contributed by atoms with Crippen molar-refractivity contribution < 1.29 is 22.8 Å². The summed E-state index contributed by atoms with van der Waals surface area (Å²) in [5, 5.41) is 0. The van der Waals surface area contributed by atoms with Gasteiger partial charge in [-0.25, -0.2) is 13.2 Å². The Morgan fingerprint density at radius 1 is 1.11 bits per heavy atom. The van der Waals surface area contributed by atoms with Crippen molar-refractivity contribution >= 4 is 24.1 Å². The lowest BCUT2D eigenvalue weighted by Crippen LogP contribution is -2.50. The molecule has 1 aromatic rings. The third-order valence-corrected chi connectivity index (χ3v) is 5.60. The average Bonchev–Trinajstić information content (AvgIpc) is 2.62. The third-order valence-electron chi connectivity index (χ3n) is 5.60. The largest absolute Gasteiger partial charge is 0.342 e. The SMILES string of the molecule is CCC(CC)(CN)C(=O)N1CCC(C(=O)c2c(F)cc(F)cc2F)CC1.Cl. The zero-order valence-electron chi connectivity index (χ0n) is 15.6. The number of Topliss-reactive ketones (excluding diaryl/α,β-unsaturated/α-hetero) is 1. The fourth-order valence-corrected chi connectivity index (χ4v) is 3.59. The quantitative estimate of drug-likeness (QED) is 0.732. The molecule has 27 heavy (non-hydrogen) atoms. The second-order valence-corrected chi connectivity index (χ2v) is 6.87. The van der Waals surface area contributed by atoms with Crippen LogP contribution in [-0.2, 0) is 4.79 Å². The molecule has 4 nitrogen and oxygen atoms in total. The molecule has 0 unspecified atom stereocenters. The van der Waals surface area contributed by atoms with Crippen LogP contribution in [0.3, 0.4) is 0 Å². The van der Waals surface area contributed by atoms with Crippen molar-refractivity contribution in [1.82, 2.24) is 4.90 Å². The zero-order chi connectivity index (χ0) is 19.5. The Hall–Kier alpha value is -1.60. The number of nitrogens with zero attached hydrogens (tertiary/aromatic N) is 1. The number of rotatable bonds is 6. The van der Waals surface area contributed by atoms with Crippen LogP contribution in [0.1, 0.15) is 49.9 Å². The summed E-state index contributed by atoms with van der Waals surface area (Å²) in [5.41, 5.74) is 4.51. The molecule has 1 fully saturated rings. The lowest BCUT2D eigenvalue weighted by atomic mass is 9.79. The number of benzene rings is 1. The molecule has 0 aromatic heterocycles. The summed E-state index contributed by atoms with van der Waals surface area (Å²) in [5.74, 6) is -4.74. The molecule has 8 heteroatoms. The van der Waals surface area contributed by atoms with Crippen molar-refractivity contribution in [3.8, 4) is 0 Å². The average molecular weight is 407 g/mol. The fraction of sp³-hybridized carbons (Fsp3) is 0.579. The van der Waals surface area contributed by atoms with Crippen LogP contribution in [-0.4, -0.2) is 36.2 Å². The van der Waals surface area contributed by atoms with Crippen molar-refractivity contribution in [2.24, 2.45) is 17.1 Å². The molecule has 0 atom stereocenters. The number of piperidine rings is 1. The Morgan fingerprint density at radius 2 is 1.59 bits per heavy atom. The fourth-order valence-electron chi connectivity index (χ4n) is 3.59. The predicted molar refractivity (Wildman–Crippen MR) is 99.3 cm³/mol. The van der Waals surface area contributed by atoms with E-state index in [9.17, 15) is 22.8 Å². The summed E-state index contributed by atoms with van der Waals surface area (Å²) in [4.78, 5) is 27.0. The molecule has 2 rings (SSSR count). The van der Waals surface area contributed by atoms with Crippen LogP contribution in [0.4, 0.5) is 13.2 Å². The smallest absolute Gasteiger partial charge is 0.230 e. The van der Waals surface area contributed by atoms with Gasteiger partial charge in [0.2, 0.25) is 5.91 Å². The van der Waals surface area contributed by atoms with E-state index in [4.69, 9.17) is 5.73 Å². The molecule has 1 saturated heterocycles. The summed E-state index contributed by atoms with van der Waals surface area (Å²) >= 11 is 0. The molecule has 1 aliphatic rings. The molecule has 152 valence electrons. The Balaban J connectivity index is 0.00000364. The molecule has 2 N–H and O–H groups in total. The second-order valence-electron chi connectivity index (χ2n) is 6.87. The molecule has 0 radical (unpaired) electrons. The van der Waals surface area contributed by atoms with E-state index in [1.807, 2.05) is 13.8 Å². The first-order chi connectivity index (χ1) is 12.3. The molecule has 0 saturated carbocycles. The van der Waals surface area contributed by atoms with Gasteiger partial charge in [0.1, 0.15) is 17.5 Å². The number of ketones is 1. The lowest BCUT2D eigenvalue weighted by Gasteiger charge is -2.38. The van der Waals surface area contributed by atoms with E-state index < -0.39 is 40.1 Å². The van der Waals surface area contributed by atoms with Gasteiger partial charge in [-0.2, -0.15) is 0 Å². The van der Waals surface area contributed by atoms with E-state index in [2.05, 4.69) is 0 Å². The highest BCUT2D eigenvalue weighted by molar-refractivity contribution is 5.98. The summed E-state index contributed by atoms with van der Waals surface area (Å²) in [6.45, 7) is 4.77. The molecule has 0 spiro atoms. The van der Waals surface area contributed by atoms with Gasteiger partial charge >= 0.3 is 0 Å². The van der Waals surface area contributed by atoms with Crippen molar-refractivity contribution in [1.29, 1.82) is 0 Å². The predicted octanol–water partition coefficient (Wildman–Crippen LogP) is 3.71. The Labute approximate surface area is 163 Å². The molecule has 1 aliphatic heterocycles. The third kappa shape index (κ3) is 4.63. The topological polar surface area (TPSA) is 63.4 Å². The van der Waals surface area contributed by atoms with E-state index >= 15 is 0 Å². The van der Waals surface area contributed by atoms with Gasteiger partial charge in [0.15, 0.2) is 5.78 Å². The van der Waals surface area contributed by atoms with E-state index in [0.29, 0.717) is 50.9 Å².